The quantitative estimate of drug-likeness (QED) is 0.862. The van der Waals surface area contributed by atoms with Gasteiger partial charge in [-0.1, -0.05) is 23.2 Å². The number of carbonyl (C=O) groups excluding carboxylic acids is 1. The molecule has 0 spiro atoms. The summed E-state index contributed by atoms with van der Waals surface area (Å²) in [5.74, 6) is -0.513. The van der Waals surface area contributed by atoms with Crippen LogP contribution >= 0.6 is 34.8 Å². The lowest BCUT2D eigenvalue weighted by molar-refractivity contribution is 0.0996. The number of aromatic nitrogens is 2. The van der Waals surface area contributed by atoms with Gasteiger partial charge in [-0.25, -0.2) is 9.97 Å². The van der Waals surface area contributed by atoms with E-state index in [1.807, 2.05) is 0 Å². The van der Waals surface area contributed by atoms with Crippen molar-refractivity contribution >= 4 is 46.4 Å². The maximum atomic E-state index is 11.7. The van der Waals surface area contributed by atoms with Gasteiger partial charge < -0.3 is 9.73 Å². The Morgan fingerprint density at radius 2 is 1.82 bits per heavy atom. The molecule has 0 aliphatic rings. The highest BCUT2D eigenvalue weighted by Crippen LogP contribution is 2.26. The Morgan fingerprint density at radius 3 is 2.35 bits per heavy atom. The average molecular weight is 293 g/mol. The Bertz CT molecular complexity index is 550. The molecule has 88 valence electrons. The minimum atomic E-state index is -0.546. The summed E-state index contributed by atoms with van der Waals surface area (Å²) in [7, 11) is 0. The van der Waals surface area contributed by atoms with Crippen LogP contribution in [-0.2, 0) is 0 Å². The summed E-state index contributed by atoms with van der Waals surface area (Å²) in [6, 6.07) is 2.87. The van der Waals surface area contributed by atoms with Crippen molar-refractivity contribution in [3.05, 3.63) is 39.7 Å². The molecule has 2 aromatic rings. The van der Waals surface area contributed by atoms with E-state index in [-0.39, 0.29) is 27.0 Å². The van der Waals surface area contributed by atoms with E-state index >= 15 is 0 Å². The van der Waals surface area contributed by atoms with Gasteiger partial charge in [-0.2, -0.15) is 0 Å². The maximum absolute atomic E-state index is 11.7. The number of hydrogen-bond donors (Lipinski definition) is 1. The Kier molecular flexibility index (Phi) is 3.51. The number of nitrogens with one attached hydrogen (secondary N) is 1. The standard InChI is InChI=1S/C9H4Cl3N3O2/c10-5-2-1-4(17-5)9(16)15-6-7(11)13-3-14-8(6)12/h1-3H,(H,15,16). The molecule has 1 N–H and O–H groups in total. The lowest BCUT2D eigenvalue weighted by atomic mass is 10.4. The number of amides is 1. The molecule has 17 heavy (non-hydrogen) atoms. The molecule has 2 aromatic heterocycles. The van der Waals surface area contributed by atoms with Crippen LogP contribution in [0.1, 0.15) is 10.6 Å². The second-order valence-electron chi connectivity index (χ2n) is 2.89. The molecule has 0 aromatic carbocycles. The maximum Gasteiger partial charge on any atom is 0.291 e. The van der Waals surface area contributed by atoms with E-state index in [1.54, 1.807) is 0 Å². The predicted octanol–water partition coefficient (Wildman–Crippen LogP) is 3.28. The molecule has 0 fully saturated rings. The van der Waals surface area contributed by atoms with Crippen LogP contribution < -0.4 is 5.32 Å². The molecule has 0 aliphatic heterocycles. The lowest BCUT2D eigenvalue weighted by Crippen LogP contribution is -2.12. The summed E-state index contributed by atoms with van der Waals surface area (Å²) in [5, 5.41) is 2.61. The van der Waals surface area contributed by atoms with E-state index < -0.39 is 5.91 Å². The SMILES string of the molecule is O=C(Nc1c(Cl)ncnc1Cl)c1ccc(Cl)o1. The van der Waals surface area contributed by atoms with Crippen molar-refractivity contribution in [1.82, 2.24) is 9.97 Å². The Morgan fingerprint density at radius 1 is 1.18 bits per heavy atom. The molecule has 0 atom stereocenters. The molecule has 0 unspecified atom stereocenters. The van der Waals surface area contributed by atoms with E-state index in [2.05, 4.69) is 15.3 Å². The van der Waals surface area contributed by atoms with Gasteiger partial charge in [-0.05, 0) is 23.7 Å². The van der Waals surface area contributed by atoms with E-state index in [0.717, 1.165) is 0 Å². The van der Waals surface area contributed by atoms with Gasteiger partial charge in [-0.3, -0.25) is 4.79 Å². The van der Waals surface area contributed by atoms with Crippen LogP contribution in [0.25, 0.3) is 0 Å². The summed E-state index contributed by atoms with van der Waals surface area (Å²) < 4.78 is 4.92. The molecule has 1 amide bonds. The number of halogens is 3. The summed E-state index contributed by atoms with van der Waals surface area (Å²) >= 11 is 17.1. The monoisotopic (exact) mass is 291 g/mol. The first-order valence-electron chi connectivity index (χ1n) is 4.30. The smallest absolute Gasteiger partial charge is 0.291 e. The molecule has 0 aliphatic carbocycles. The summed E-state index contributed by atoms with van der Waals surface area (Å²) in [5.41, 5.74) is 0.119. The molecule has 0 bridgehead atoms. The Hall–Kier alpha value is -1.30. The lowest BCUT2D eigenvalue weighted by Gasteiger charge is -2.05. The van der Waals surface area contributed by atoms with E-state index in [9.17, 15) is 4.79 Å². The van der Waals surface area contributed by atoms with Gasteiger partial charge in [0.05, 0.1) is 0 Å². The third kappa shape index (κ3) is 2.69. The van der Waals surface area contributed by atoms with Crippen molar-refractivity contribution < 1.29 is 9.21 Å². The minimum absolute atomic E-state index is 0.0333. The first-order valence-corrected chi connectivity index (χ1v) is 5.44. The zero-order chi connectivity index (χ0) is 12.4. The summed E-state index contributed by atoms with van der Waals surface area (Å²) in [6.45, 7) is 0. The van der Waals surface area contributed by atoms with Crippen LogP contribution in [0, 0.1) is 0 Å². The minimum Gasteiger partial charge on any atom is -0.440 e. The number of nitrogens with zero attached hydrogens (tertiary/aromatic N) is 2. The zero-order valence-corrected chi connectivity index (χ0v) is 10.3. The van der Waals surface area contributed by atoms with Gasteiger partial charge in [0.1, 0.15) is 12.0 Å². The van der Waals surface area contributed by atoms with Crippen molar-refractivity contribution in [2.24, 2.45) is 0 Å². The van der Waals surface area contributed by atoms with Crippen LogP contribution in [0.4, 0.5) is 5.69 Å². The fourth-order valence-electron chi connectivity index (χ4n) is 1.06. The normalized spacial score (nSPS) is 10.3. The highest BCUT2D eigenvalue weighted by atomic mass is 35.5. The topological polar surface area (TPSA) is 68.0 Å². The van der Waals surface area contributed by atoms with Crippen molar-refractivity contribution in [2.75, 3.05) is 5.32 Å². The molecule has 2 heterocycles. The Labute approximate surface area is 111 Å². The van der Waals surface area contributed by atoms with Crippen molar-refractivity contribution in [2.45, 2.75) is 0 Å². The molecular weight excluding hydrogens is 288 g/mol. The highest BCUT2D eigenvalue weighted by Gasteiger charge is 2.15. The van der Waals surface area contributed by atoms with Gasteiger partial charge in [0.15, 0.2) is 21.3 Å². The van der Waals surface area contributed by atoms with Crippen LogP contribution in [0.3, 0.4) is 0 Å². The van der Waals surface area contributed by atoms with Gasteiger partial charge in [0.25, 0.3) is 5.91 Å². The molecule has 5 nitrogen and oxygen atoms in total. The third-order valence-electron chi connectivity index (χ3n) is 1.79. The predicted molar refractivity (Wildman–Crippen MR) is 63.7 cm³/mol. The third-order valence-corrected chi connectivity index (χ3v) is 2.57. The van der Waals surface area contributed by atoms with Crippen molar-refractivity contribution in [3.8, 4) is 0 Å². The summed E-state index contributed by atoms with van der Waals surface area (Å²) in [4.78, 5) is 19.1. The molecule has 8 heteroatoms. The van der Waals surface area contributed by atoms with Crippen LogP contribution in [0.15, 0.2) is 22.9 Å². The largest absolute Gasteiger partial charge is 0.440 e. The molecule has 0 radical (unpaired) electrons. The molecule has 2 rings (SSSR count). The number of furan rings is 1. The fraction of sp³-hybridized carbons (Fsp3) is 0. The second-order valence-corrected chi connectivity index (χ2v) is 3.98. The molecule has 0 saturated heterocycles. The molecular formula is C9H4Cl3N3O2. The van der Waals surface area contributed by atoms with Crippen molar-refractivity contribution in [3.63, 3.8) is 0 Å². The number of carbonyl (C=O) groups is 1. The second kappa shape index (κ2) is 4.91. The van der Waals surface area contributed by atoms with E-state index in [4.69, 9.17) is 39.2 Å². The first kappa shape index (κ1) is 12.2. The number of hydrogen-bond acceptors (Lipinski definition) is 4. The van der Waals surface area contributed by atoms with Crippen LogP contribution in [0.5, 0.6) is 0 Å². The molecule has 0 saturated carbocycles. The van der Waals surface area contributed by atoms with E-state index in [0.29, 0.717) is 0 Å². The number of rotatable bonds is 2. The zero-order valence-electron chi connectivity index (χ0n) is 8.08. The fourth-order valence-corrected chi connectivity index (χ4v) is 1.61. The Balaban J connectivity index is 2.24. The van der Waals surface area contributed by atoms with Crippen LogP contribution in [-0.4, -0.2) is 15.9 Å². The first-order chi connectivity index (χ1) is 8.08. The summed E-state index contributed by atoms with van der Waals surface area (Å²) in [6.07, 6.45) is 1.18. The van der Waals surface area contributed by atoms with Gasteiger partial charge in [-0.15, -0.1) is 0 Å². The number of anilines is 1. The van der Waals surface area contributed by atoms with E-state index in [1.165, 1.54) is 18.5 Å². The van der Waals surface area contributed by atoms with Gasteiger partial charge in [0, 0.05) is 0 Å². The van der Waals surface area contributed by atoms with Crippen molar-refractivity contribution in [1.29, 1.82) is 0 Å². The van der Waals surface area contributed by atoms with Gasteiger partial charge in [0.2, 0.25) is 0 Å². The van der Waals surface area contributed by atoms with Gasteiger partial charge >= 0.3 is 0 Å². The van der Waals surface area contributed by atoms with Crippen LogP contribution in [0.2, 0.25) is 15.5 Å². The highest BCUT2D eigenvalue weighted by molar-refractivity contribution is 6.38. The average Bonchev–Trinajstić information content (AvgIpc) is 2.70.